The highest BCUT2D eigenvalue weighted by molar-refractivity contribution is 5.80. The van der Waals surface area contributed by atoms with E-state index < -0.39 is 29.2 Å². The van der Waals surface area contributed by atoms with Crippen LogP contribution in [0.25, 0.3) is 0 Å². The van der Waals surface area contributed by atoms with Gasteiger partial charge in [-0.2, -0.15) is 0 Å². The Labute approximate surface area is 150 Å². The Balaban J connectivity index is 2.35. The third-order valence-corrected chi connectivity index (χ3v) is 7.79. The molecule has 144 valence electrons. The molecule has 0 unspecified atom stereocenters. The Morgan fingerprint density at radius 3 is 2.40 bits per heavy atom. The van der Waals surface area contributed by atoms with Gasteiger partial charge in [0.1, 0.15) is 6.10 Å². The van der Waals surface area contributed by atoms with Crippen LogP contribution in [-0.2, 0) is 4.79 Å². The number of aliphatic carboxylic acids is 1. The molecule has 0 aliphatic heterocycles. The number of carboxylic acid groups (broad SMARTS) is 1. The number of carboxylic acids is 1. The van der Waals surface area contributed by atoms with Crippen LogP contribution in [0.15, 0.2) is 11.6 Å². The zero-order valence-electron chi connectivity index (χ0n) is 16.1. The van der Waals surface area contributed by atoms with Crippen molar-refractivity contribution >= 4 is 5.97 Å². The fraction of sp³-hybridized carbons (Fsp3) is 0.850. The summed E-state index contributed by atoms with van der Waals surface area (Å²) >= 11 is 0. The third-order valence-electron chi connectivity index (χ3n) is 7.79. The second-order valence-corrected chi connectivity index (χ2v) is 9.14. The van der Waals surface area contributed by atoms with Crippen molar-refractivity contribution in [2.45, 2.75) is 84.5 Å². The molecule has 0 spiro atoms. The minimum Gasteiger partial charge on any atom is -0.478 e. The van der Waals surface area contributed by atoms with Gasteiger partial charge in [0, 0.05) is 11.5 Å². The van der Waals surface area contributed by atoms with Crippen molar-refractivity contribution in [3.63, 3.8) is 0 Å². The highest BCUT2D eigenvalue weighted by Crippen LogP contribution is 2.64. The van der Waals surface area contributed by atoms with Crippen molar-refractivity contribution in [1.82, 2.24) is 0 Å². The summed E-state index contributed by atoms with van der Waals surface area (Å²) < 4.78 is 0. The molecule has 0 aromatic rings. The smallest absolute Gasteiger partial charge is 0.328 e. The second-order valence-electron chi connectivity index (χ2n) is 9.14. The molecule has 7 atom stereocenters. The number of rotatable bonds is 4. The number of hydrogen-bond acceptors (Lipinski definition) is 4. The quantitative estimate of drug-likeness (QED) is 0.582. The Morgan fingerprint density at radius 2 is 1.84 bits per heavy atom. The molecule has 2 saturated carbocycles. The number of carbonyl (C=O) groups is 1. The van der Waals surface area contributed by atoms with Crippen LogP contribution >= 0.6 is 0 Å². The van der Waals surface area contributed by atoms with Crippen LogP contribution in [0.2, 0.25) is 0 Å². The first-order valence-corrected chi connectivity index (χ1v) is 9.35. The molecule has 5 nitrogen and oxygen atoms in total. The lowest BCUT2D eigenvalue weighted by Gasteiger charge is -2.64. The van der Waals surface area contributed by atoms with E-state index in [-0.39, 0.29) is 11.3 Å². The summed E-state index contributed by atoms with van der Waals surface area (Å²) in [5, 5.41) is 40.8. The molecule has 0 heterocycles. The van der Waals surface area contributed by atoms with Gasteiger partial charge in [0.05, 0.1) is 11.7 Å². The average molecular weight is 354 g/mol. The zero-order chi connectivity index (χ0) is 19.2. The fourth-order valence-electron chi connectivity index (χ4n) is 5.48. The molecule has 2 aliphatic rings. The number of hydrogen-bond donors (Lipinski definition) is 4. The molecule has 2 fully saturated rings. The summed E-state index contributed by atoms with van der Waals surface area (Å²) in [5.41, 5.74) is -1.12. The number of aliphatic hydroxyl groups excluding tert-OH is 2. The molecule has 0 amide bonds. The van der Waals surface area contributed by atoms with E-state index in [2.05, 4.69) is 13.8 Å². The highest BCUT2D eigenvalue weighted by Gasteiger charge is 2.64. The summed E-state index contributed by atoms with van der Waals surface area (Å²) in [7, 11) is 0. The van der Waals surface area contributed by atoms with E-state index in [1.165, 1.54) is 6.08 Å². The molecule has 2 rings (SSSR count). The molecule has 2 aliphatic carbocycles. The lowest BCUT2D eigenvalue weighted by Crippen LogP contribution is -2.68. The largest absolute Gasteiger partial charge is 0.478 e. The summed E-state index contributed by atoms with van der Waals surface area (Å²) in [4.78, 5) is 10.9. The molecule has 0 saturated heterocycles. The summed E-state index contributed by atoms with van der Waals surface area (Å²) in [6.07, 6.45) is 2.90. The Kier molecular flexibility index (Phi) is 5.45. The van der Waals surface area contributed by atoms with Crippen LogP contribution in [0, 0.1) is 22.7 Å². The maximum absolute atomic E-state index is 11.1. The van der Waals surface area contributed by atoms with Gasteiger partial charge < -0.3 is 20.4 Å². The molecule has 25 heavy (non-hydrogen) atoms. The van der Waals surface area contributed by atoms with Crippen LogP contribution in [-0.4, -0.2) is 44.2 Å². The van der Waals surface area contributed by atoms with Gasteiger partial charge in [-0.05, 0) is 63.2 Å². The van der Waals surface area contributed by atoms with E-state index in [4.69, 9.17) is 5.11 Å². The van der Waals surface area contributed by atoms with Gasteiger partial charge in [-0.3, -0.25) is 0 Å². The maximum atomic E-state index is 11.1. The van der Waals surface area contributed by atoms with Crippen molar-refractivity contribution in [1.29, 1.82) is 0 Å². The van der Waals surface area contributed by atoms with E-state index in [9.17, 15) is 20.1 Å². The molecular formula is C20H34O5. The van der Waals surface area contributed by atoms with Crippen molar-refractivity contribution in [2.75, 3.05) is 0 Å². The van der Waals surface area contributed by atoms with Gasteiger partial charge in [-0.15, -0.1) is 0 Å². The topological polar surface area (TPSA) is 98.0 Å². The summed E-state index contributed by atoms with van der Waals surface area (Å²) in [5.74, 6) is -0.459. The van der Waals surface area contributed by atoms with Gasteiger partial charge in [0.2, 0.25) is 0 Å². The minimum absolute atomic E-state index is 0.0646. The predicted molar refractivity (Wildman–Crippen MR) is 96.0 cm³/mol. The average Bonchev–Trinajstić information content (AvgIpc) is 2.50. The molecule has 0 aromatic carbocycles. The predicted octanol–water partition coefficient (Wildman–Crippen LogP) is 2.73. The van der Waals surface area contributed by atoms with Crippen molar-refractivity contribution in [3.8, 4) is 0 Å². The first-order chi connectivity index (χ1) is 11.4. The van der Waals surface area contributed by atoms with Gasteiger partial charge in [0.25, 0.3) is 0 Å². The summed E-state index contributed by atoms with van der Waals surface area (Å²) in [6.45, 7) is 9.94. The molecule has 0 aromatic heterocycles. The van der Waals surface area contributed by atoms with E-state index in [0.29, 0.717) is 18.8 Å². The number of aliphatic hydroxyl groups is 3. The van der Waals surface area contributed by atoms with Crippen molar-refractivity contribution in [2.24, 2.45) is 22.7 Å². The molecule has 0 bridgehead atoms. The second kappa shape index (κ2) is 6.67. The zero-order valence-corrected chi connectivity index (χ0v) is 16.1. The maximum Gasteiger partial charge on any atom is 0.328 e. The number of fused-ring (bicyclic) bond motifs is 1. The molecule has 5 heteroatoms. The van der Waals surface area contributed by atoms with Crippen LogP contribution in [0.5, 0.6) is 0 Å². The highest BCUT2D eigenvalue weighted by atomic mass is 16.4. The van der Waals surface area contributed by atoms with Gasteiger partial charge >= 0.3 is 5.97 Å². The van der Waals surface area contributed by atoms with Crippen LogP contribution in [0.3, 0.4) is 0 Å². The summed E-state index contributed by atoms with van der Waals surface area (Å²) in [6, 6.07) is 0. The lowest BCUT2D eigenvalue weighted by molar-refractivity contribution is -0.263. The van der Waals surface area contributed by atoms with Crippen LogP contribution in [0.1, 0.15) is 66.7 Å². The SMILES string of the molecule is C/C(=C/C(=O)O)CC[C@@]1(C)[C@H](C)CC[C@]2(C)[C@@H]1C[C@@H](O)[C@@H](O)[C@]2(C)O. The monoisotopic (exact) mass is 354 g/mol. The first kappa shape index (κ1) is 20.4. The standard InChI is InChI=1S/C20H34O5/c1-12(10-16(22)23)6-8-18(3)13(2)7-9-19(4)15(18)11-14(21)17(24)20(19,5)25/h10,13-15,17,21,24-25H,6-9,11H2,1-5H3,(H,22,23)/b12-10-/t13-,14-,15-,17-,18+,19-,20+/m1/s1. The van der Waals surface area contributed by atoms with Crippen LogP contribution < -0.4 is 0 Å². The van der Waals surface area contributed by atoms with E-state index >= 15 is 0 Å². The number of allylic oxidation sites excluding steroid dienone is 1. The normalized spacial score (nSPS) is 48.1. The van der Waals surface area contributed by atoms with Crippen molar-refractivity contribution < 1.29 is 25.2 Å². The Bertz CT molecular complexity index is 554. The minimum atomic E-state index is -1.34. The van der Waals surface area contributed by atoms with Crippen molar-refractivity contribution in [3.05, 3.63) is 11.6 Å². The fourth-order valence-corrected chi connectivity index (χ4v) is 5.48. The Hall–Kier alpha value is -0.910. The Morgan fingerprint density at radius 1 is 1.24 bits per heavy atom. The van der Waals surface area contributed by atoms with E-state index in [1.807, 2.05) is 13.8 Å². The first-order valence-electron chi connectivity index (χ1n) is 9.35. The molecular weight excluding hydrogens is 320 g/mol. The van der Waals surface area contributed by atoms with E-state index in [1.54, 1.807) is 6.92 Å². The van der Waals surface area contributed by atoms with E-state index in [0.717, 1.165) is 24.8 Å². The molecule has 0 radical (unpaired) electrons. The molecule has 4 N–H and O–H groups in total. The van der Waals surface area contributed by atoms with Gasteiger partial charge in [-0.25, -0.2) is 4.79 Å². The van der Waals surface area contributed by atoms with Gasteiger partial charge in [-0.1, -0.05) is 26.3 Å². The van der Waals surface area contributed by atoms with Crippen LogP contribution in [0.4, 0.5) is 0 Å². The lowest BCUT2D eigenvalue weighted by atomic mass is 9.43. The van der Waals surface area contributed by atoms with Gasteiger partial charge in [0.15, 0.2) is 0 Å². The third kappa shape index (κ3) is 3.26.